The van der Waals surface area contributed by atoms with Crippen LogP contribution in [0.2, 0.25) is 5.02 Å². The van der Waals surface area contributed by atoms with Crippen molar-refractivity contribution in [1.82, 2.24) is 0 Å². The van der Waals surface area contributed by atoms with Crippen molar-refractivity contribution >= 4 is 44.9 Å². The standard InChI is InChI=1S/C15H8BrClFNO2/c16-9-2-1-3-12-13(9)14(20)15(21)19(12)7-8-4-5-11(18)10(17)6-8/h1-6H,7H2. The van der Waals surface area contributed by atoms with E-state index in [0.29, 0.717) is 21.3 Å². The van der Waals surface area contributed by atoms with Crippen molar-refractivity contribution in [2.45, 2.75) is 6.54 Å². The van der Waals surface area contributed by atoms with E-state index in [0.717, 1.165) is 0 Å². The number of benzene rings is 2. The Hall–Kier alpha value is -1.72. The number of ketones is 1. The Labute approximate surface area is 133 Å². The highest BCUT2D eigenvalue weighted by Gasteiger charge is 2.37. The maximum atomic E-state index is 13.2. The number of nitrogens with zero attached hydrogens (tertiary/aromatic N) is 1. The summed E-state index contributed by atoms with van der Waals surface area (Å²) >= 11 is 9.02. The lowest BCUT2D eigenvalue weighted by Crippen LogP contribution is -2.29. The van der Waals surface area contributed by atoms with Crippen LogP contribution in [0.15, 0.2) is 40.9 Å². The normalized spacial score (nSPS) is 13.8. The van der Waals surface area contributed by atoms with Gasteiger partial charge in [0.05, 0.1) is 22.8 Å². The second kappa shape index (κ2) is 5.24. The van der Waals surface area contributed by atoms with E-state index in [4.69, 9.17) is 11.6 Å². The molecule has 0 spiro atoms. The van der Waals surface area contributed by atoms with Gasteiger partial charge in [0, 0.05) is 4.47 Å². The van der Waals surface area contributed by atoms with Gasteiger partial charge < -0.3 is 4.90 Å². The van der Waals surface area contributed by atoms with Gasteiger partial charge in [-0.25, -0.2) is 4.39 Å². The second-order valence-electron chi connectivity index (χ2n) is 4.60. The Balaban J connectivity index is 2.00. The average Bonchev–Trinajstić information content (AvgIpc) is 2.69. The molecular formula is C15H8BrClFNO2. The SMILES string of the molecule is O=C1C(=O)N(Cc2ccc(F)c(Cl)c2)c2cccc(Br)c21. The van der Waals surface area contributed by atoms with Crippen LogP contribution in [-0.2, 0) is 11.3 Å². The van der Waals surface area contributed by atoms with Gasteiger partial charge in [-0.05, 0) is 45.8 Å². The lowest BCUT2D eigenvalue weighted by atomic mass is 10.1. The van der Waals surface area contributed by atoms with Crippen LogP contribution in [0.1, 0.15) is 15.9 Å². The first kappa shape index (κ1) is 14.2. The summed E-state index contributed by atoms with van der Waals surface area (Å²) in [5.41, 5.74) is 1.55. The van der Waals surface area contributed by atoms with Gasteiger partial charge in [0.1, 0.15) is 5.82 Å². The molecule has 0 aliphatic carbocycles. The highest BCUT2D eigenvalue weighted by Crippen LogP contribution is 2.35. The number of halogens is 3. The fraction of sp³-hybridized carbons (Fsp3) is 0.0667. The number of amides is 1. The van der Waals surface area contributed by atoms with E-state index in [1.807, 2.05) is 0 Å². The third-order valence-corrected chi connectivity index (χ3v) is 4.22. The average molecular weight is 369 g/mol. The number of carbonyl (C=O) groups is 2. The Bertz CT molecular complexity index is 778. The maximum Gasteiger partial charge on any atom is 0.299 e. The van der Waals surface area contributed by atoms with Gasteiger partial charge in [-0.1, -0.05) is 23.7 Å². The van der Waals surface area contributed by atoms with Crippen LogP contribution in [-0.4, -0.2) is 11.7 Å². The third-order valence-electron chi connectivity index (χ3n) is 3.27. The predicted molar refractivity (Wildman–Crippen MR) is 81.1 cm³/mol. The van der Waals surface area contributed by atoms with E-state index >= 15 is 0 Å². The third kappa shape index (κ3) is 2.36. The number of carbonyl (C=O) groups excluding carboxylic acids is 2. The summed E-state index contributed by atoms with van der Waals surface area (Å²) in [5.74, 6) is -1.67. The van der Waals surface area contributed by atoms with Gasteiger partial charge >= 0.3 is 0 Å². The summed E-state index contributed by atoms with van der Waals surface area (Å²) in [6, 6.07) is 9.39. The molecule has 0 radical (unpaired) electrons. The molecule has 2 aromatic carbocycles. The van der Waals surface area contributed by atoms with Crippen molar-refractivity contribution in [3.8, 4) is 0 Å². The number of fused-ring (bicyclic) bond motifs is 1. The van der Waals surface area contributed by atoms with Crippen molar-refractivity contribution < 1.29 is 14.0 Å². The molecule has 21 heavy (non-hydrogen) atoms. The molecule has 1 heterocycles. The summed E-state index contributed by atoms with van der Waals surface area (Å²) in [5, 5.41) is -0.0139. The zero-order chi connectivity index (χ0) is 15.1. The Morgan fingerprint density at radius 2 is 1.95 bits per heavy atom. The van der Waals surface area contributed by atoms with E-state index in [1.54, 1.807) is 18.2 Å². The molecule has 1 amide bonds. The van der Waals surface area contributed by atoms with E-state index in [2.05, 4.69) is 15.9 Å². The van der Waals surface area contributed by atoms with Crippen LogP contribution in [0.25, 0.3) is 0 Å². The number of hydrogen-bond donors (Lipinski definition) is 0. The first-order valence-corrected chi connectivity index (χ1v) is 7.25. The van der Waals surface area contributed by atoms with Crippen molar-refractivity contribution in [2.24, 2.45) is 0 Å². The van der Waals surface area contributed by atoms with Gasteiger partial charge in [-0.2, -0.15) is 0 Å². The molecule has 0 fully saturated rings. The molecule has 3 rings (SSSR count). The van der Waals surface area contributed by atoms with Crippen molar-refractivity contribution in [2.75, 3.05) is 4.90 Å². The first-order valence-electron chi connectivity index (χ1n) is 6.07. The van der Waals surface area contributed by atoms with E-state index in [9.17, 15) is 14.0 Å². The van der Waals surface area contributed by atoms with Crippen LogP contribution in [0.5, 0.6) is 0 Å². The van der Waals surface area contributed by atoms with E-state index in [1.165, 1.54) is 23.1 Å². The van der Waals surface area contributed by atoms with Gasteiger partial charge in [0.15, 0.2) is 0 Å². The summed E-state index contributed by atoms with van der Waals surface area (Å²) in [6.07, 6.45) is 0. The fourth-order valence-corrected chi connectivity index (χ4v) is 3.02. The fourth-order valence-electron chi connectivity index (χ4n) is 2.28. The summed E-state index contributed by atoms with van der Waals surface area (Å²) in [6.45, 7) is 0.161. The molecule has 0 aromatic heterocycles. The predicted octanol–water partition coefficient (Wildman–Crippen LogP) is 3.97. The highest BCUT2D eigenvalue weighted by atomic mass is 79.9. The number of anilines is 1. The molecule has 1 aliphatic rings. The van der Waals surface area contributed by atoms with Crippen molar-refractivity contribution in [3.63, 3.8) is 0 Å². The number of Topliss-reactive ketones (excluding diaryl/α,β-unsaturated/α-hetero) is 1. The van der Waals surface area contributed by atoms with Crippen LogP contribution >= 0.6 is 27.5 Å². The van der Waals surface area contributed by atoms with E-state index < -0.39 is 17.5 Å². The topological polar surface area (TPSA) is 37.4 Å². The van der Waals surface area contributed by atoms with Gasteiger partial charge in [-0.3, -0.25) is 9.59 Å². The zero-order valence-corrected chi connectivity index (χ0v) is 12.9. The lowest BCUT2D eigenvalue weighted by Gasteiger charge is -2.16. The van der Waals surface area contributed by atoms with Crippen molar-refractivity contribution in [3.05, 3.63) is 62.8 Å². The first-order chi connectivity index (χ1) is 9.99. The minimum absolute atomic E-state index is 0.0139. The monoisotopic (exact) mass is 367 g/mol. The molecule has 2 aromatic rings. The minimum Gasteiger partial charge on any atom is -0.300 e. The highest BCUT2D eigenvalue weighted by molar-refractivity contribution is 9.10. The molecule has 106 valence electrons. The molecule has 0 unspecified atom stereocenters. The van der Waals surface area contributed by atoms with E-state index in [-0.39, 0.29) is 11.6 Å². The van der Waals surface area contributed by atoms with Gasteiger partial charge in [0.25, 0.3) is 11.7 Å². The lowest BCUT2D eigenvalue weighted by molar-refractivity contribution is -0.114. The molecule has 0 bridgehead atoms. The van der Waals surface area contributed by atoms with Crippen LogP contribution in [0.3, 0.4) is 0 Å². The summed E-state index contributed by atoms with van der Waals surface area (Å²) in [4.78, 5) is 25.5. The molecule has 0 atom stereocenters. The molecule has 1 aliphatic heterocycles. The Morgan fingerprint density at radius 1 is 1.19 bits per heavy atom. The van der Waals surface area contributed by atoms with Gasteiger partial charge in [0.2, 0.25) is 0 Å². The van der Waals surface area contributed by atoms with Crippen LogP contribution in [0.4, 0.5) is 10.1 Å². The summed E-state index contributed by atoms with van der Waals surface area (Å²) < 4.78 is 13.8. The molecule has 6 heteroatoms. The number of rotatable bonds is 2. The Morgan fingerprint density at radius 3 is 2.67 bits per heavy atom. The van der Waals surface area contributed by atoms with Crippen LogP contribution < -0.4 is 4.90 Å². The zero-order valence-electron chi connectivity index (χ0n) is 10.6. The maximum absolute atomic E-state index is 13.2. The summed E-state index contributed by atoms with van der Waals surface area (Å²) in [7, 11) is 0. The Kier molecular flexibility index (Phi) is 3.55. The van der Waals surface area contributed by atoms with Gasteiger partial charge in [-0.15, -0.1) is 0 Å². The minimum atomic E-state index is -0.600. The van der Waals surface area contributed by atoms with Crippen LogP contribution in [0, 0.1) is 5.82 Å². The van der Waals surface area contributed by atoms with Crippen molar-refractivity contribution in [1.29, 1.82) is 0 Å². The second-order valence-corrected chi connectivity index (χ2v) is 5.86. The molecule has 3 nitrogen and oxygen atoms in total. The number of hydrogen-bond acceptors (Lipinski definition) is 2. The molecular weight excluding hydrogens is 361 g/mol. The molecule has 0 N–H and O–H groups in total. The smallest absolute Gasteiger partial charge is 0.299 e. The quantitative estimate of drug-likeness (QED) is 0.752. The molecule has 0 saturated carbocycles. The molecule has 0 saturated heterocycles. The largest absolute Gasteiger partial charge is 0.300 e.